The number of carbonyl (C=O) groups is 2. The molecule has 4 N–H and O–H groups in total. The number of nitrogens with two attached hydrogens (primary N) is 1. The van der Waals surface area contributed by atoms with E-state index in [1.807, 2.05) is 17.4 Å². The summed E-state index contributed by atoms with van der Waals surface area (Å²) < 4.78 is 0. The van der Waals surface area contributed by atoms with Crippen molar-refractivity contribution >= 4 is 23.5 Å². The van der Waals surface area contributed by atoms with Crippen molar-refractivity contribution in [2.45, 2.75) is 13.5 Å². The maximum Gasteiger partial charge on any atom is 0.319 e. The van der Waals surface area contributed by atoms with Crippen LogP contribution in [-0.4, -0.2) is 11.9 Å². The summed E-state index contributed by atoms with van der Waals surface area (Å²) >= 11 is 5.77. The summed E-state index contributed by atoms with van der Waals surface area (Å²) in [5.41, 5.74) is 5.91. The molecule has 0 aromatic heterocycles. The third kappa shape index (κ3) is 4.63. The van der Waals surface area contributed by atoms with Crippen LogP contribution in [0, 0.1) is 11.3 Å². The fourth-order valence-corrected chi connectivity index (χ4v) is 1.53. The van der Waals surface area contributed by atoms with Crippen LogP contribution in [0.15, 0.2) is 35.5 Å². The summed E-state index contributed by atoms with van der Waals surface area (Å²) in [5, 5.41) is 14.3. The zero-order valence-electron chi connectivity index (χ0n) is 10.7. The van der Waals surface area contributed by atoms with E-state index in [2.05, 4.69) is 5.32 Å². The number of hydrogen-bond donors (Lipinski definition) is 3. The van der Waals surface area contributed by atoms with E-state index in [1.165, 1.54) is 0 Å². The number of benzene rings is 1. The lowest BCUT2D eigenvalue weighted by atomic mass is 10.2. The third-order valence-corrected chi connectivity index (χ3v) is 2.67. The van der Waals surface area contributed by atoms with Gasteiger partial charge in [-0.3, -0.25) is 10.1 Å². The van der Waals surface area contributed by atoms with Gasteiger partial charge in [-0.25, -0.2) is 4.79 Å². The van der Waals surface area contributed by atoms with Gasteiger partial charge in [-0.2, -0.15) is 5.26 Å². The number of carbonyl (C=O) groups excluding carboxylic acids is 2. The Balaban J connectivity index is 2.75. The van der Waals surface area contributed by atoms with E-state index < -0.39 is 11.9 Å². The Bertz CT molecular complexity index is 587. The summed E-state index contributed by atoms with van der Waals surface area (Å²) in [6, 6.07) is 7.83. The van der Waals surface area contributed by atoms with Crippen LogP contribution in [0.3, 0.4) is 0 Å². The molecule has 0 aliphatic heterocycles. The van der Waals surface area contributed by atoms with Gasteiger partial charge in [0.05, 0.1) is 0 Å². The molecule has 1 aromatic carbocycles. The summed E-state index contributed by atoms with van der Waals surface area (Å²) in [5.74, 6) is -0.832. The third-order valence-electron chi connectivity index (χ3n) is 2.42. The number of imide groups is 1. The van der Waals surface area contributed by atoms with Gasteiger partial charge >= 0.3 is 6.03 Å². The van der Waals surface area contributed by atoms with Gasteiger partial charge in [0.1, 0.15) is 11.6 Å². The van der Waals surface area contributed by atoms with Crippen molar-refractivity contribution in [3.63, 3.8) is 0 Å². The first-order valence-corrected chi connectivity index (χ1v) is 6.02. The van der Waals surface area contributed by atoms with Crippen LogP contribution >= 0.6 is 11.6 Å². The minimum atomic E-state index is -1.01. The highest BCUT2D eigenvalue weighted by atomic mass is 35.5. The largest absolute Gasteiger partial charge is 0.383 e. The molecule has 0 bridgehead atoms. The highest BCUT2D eigenvalue weighted by molar-refractivity contribution is 6.30. The molecule has 0 aliphatic carbocycles. The van der Waals surface area contributed by atoms with Crippen molar-refractivity contribution in [1.29, 1.82) is 5.26 Å². The maximum absolute atomic E-state index is 11.5. The molecule has 0 atom stereocenters. The molecule has 0 fully saturated rings. The fourth-order valence-electron chi connectivity index (χ4n) is 1.40. The van der Waals surface area contributed by atoms with Crippen LogP contribution in [0.5, 0.6) is 0 Å². The number of urea groups is 1. The number of nitrogens with one attached hydrogen (secondary N) is 2. The maximum atomic E-state index is 11.5. The first-order valence-electron chi connectivity index (χ1n) is 5.64. The molecule has 0 saturated heterocycles. The molecular formula is C13H13ClN4O2. The van der Waals surface area contributed by atoms with Crippen molar-refractivity contribution in [3.05, 3.63) is 46.1 Å². The van der Waals surface area contributed by atoms with Crippen molar-refractivity contribution in [2.75, 3.05) is 0 Å². The number of amides is 3. The van der Waals surface area contributed by atoms with E-state index in [0.29, 0.717) is 17.3 Å². The fraction of sp³-hybridized carbons (Fsp3) is 0.154. The monoisotopic (exact) mass is 292 g/mol. The Morgan fingerprint density at radius 1 is 1.35 bits per heavy atom. The van der Waals surface area contributed by atoms with E-state index in [1.54, 1.807) is 25.1 Å². The van der Waals surface area contributed by atoms with Crippen LogP contribution in [0.2, 0.25) is 5.02 Å². The Morgan fingerprint density at radius 3 is 2.45 bits per heavy atom. The number of allylic oxidation sites excluding steroid dienone is 1. The average molecular weight is 293 g/mol. The molecule has 3 amide bonds. The molecule has 0 radical (unpaired) electrons. The quantitative estimate of drug-likeness (QED) is 0.576. The van der Waals surface area contributed by atoms with E-state index >= 15 is 0 Å². The topological polar surface area (TPSA) is 108 Å². The average Bonchev–Trinajstić information content (AvgIpc) is 2.38. The van der Waals surface area contributed by atoms with Crippen LogP contribution in [0.4, 0.5) is 4.79 Å². The van der Waals surface area contributed by atoms with Gasteiger partial charge in [0.25, 0.3) is 5.91 Å². The summed E-state index contributed by atoms with van der Waals surface area (Å²) in [7, 11) is 0. The Hall–Kier alpha value is -2.52. The van der Waals surface area contributed by atoms with Crippen LogP contribution in [-0.2, 0) is 11.3 Å². The molecule has 1 aromatic rings. The Kier molecular flexibility index (Phi) is 5.56. The van der Waals surface area contributed by atoms with Gasteiger partial charge in [-0.1, -0.05) is 23.7 Å². The molecule has 0 spiro atoms. The summed E-state index contributed by atoms with van der Waals surface area (Å²) in [4.78, 5) is 22.1. The number of primary amides is 1. The van der Waals surface area contributed by atoms with Gasteiger partial charge in [-0.05, 0) is 24.6 Å². The van der Waals surface area contributed by atoms with Gasteiger partial charge in [0.15, 0.2) is 0 Å². The number of nitrogens with zero attached hydrogens (tertiary/aromatic N) is 1. The minimum Gasteiger partial charge on any atom is -0.383 e. The molecule has 7 heteroatoms. The lowest BCUT2D eigenvalue weighted by Crippen LogP contribution is -2.36. The van der Waals surface area contributed by atoms with E-state index in [0.717, 1.165) is 5.56 Å². The number of halogens is 1. The molecular weight excluding hydrogens is 280 g/mol. The lowest BCUT2D eigenvalue weighted by molar-refractivity contribution is -0.116. The molecule has 0 heterocycles. The second-order valence-electron chi connectivity index (χ2n) is 3.91. The van der Waals surface area contributed by atoms with Gasteiger partial charge in [0.2, 0.25) is 0 Å². The molecule has 1 rings (SSSR count). The normalized spacial score (nSPS) is 11.1. The summed E-state index contributed by atoms with van der Waals surface area (Å²) in [6.07, 6.45) is 0. The number of nitriles is 1. The first kappa shape index (κ1) is 15.5. The second-order valence-corrected chi connectivity index (χ2v) is 4.35. The Labute approximate surface area is 121 Å². The van der Waals surface area contributed by atoms with Crippen LogP contribution < -0.4 is 16.4 Å². The van der Waals surface area contributed by atoms with Gasteiger partial charge in [0, 0.05) is 17.3 Å². The molecule has 6 nitrogen and oxygen atoms in total. The smallest absolute Gasteiger partial charge is 0.319 e. The van der Waals surface area contributed by atoms with E-state index in [-0.39, 0.29) is 5.57 Å². The minimum absolute atomic E-state index is 0.197. The predicted molar refractivity (Wildman–Crippen MR) is 74.3 cm³/mol. The summed E-state index contributed by atoms with van der Waals surface area (Å²) in [6.45, 7) is 1.98. The molecule has 0 saturated carbocycles. The van der Waals surface area contributed by atoms with E-state index in [9.17, 15) is 9.59 Å². The first-order chi connectivity index (χ1) is 9.43. The van der Waals surface area contributed by atoms with Crippen LogP contribution in [0.1, 0.15) is 12.5 Å². The zero-order valence-corrected chi connectivity index (χ0v) is 11.5. The SMILES string of the molecule is C/C(NCc1ccc(Cl)cc1)=C(\C#N)C(=O)NC(N)=O. The molecule has 0 unspecified atom stereocenters. The highest BCUT2D eigenvalue weighted by Crippen LogP contribution is 2.10. The van der Waals surface area contributed by atoms with E-state index in [4.69, 9.17) is 22.6 Å². The van der Waals surface area contributed by atoms with Gasteiger partial charge < -0.3 is 11.1 Å². The zero-order chi connectivity index (χ0) is 15.1. The molecule has 0 aliphatic rings. The van der Waals surface area contributed by atoms with Crippen molar-refractivity contribution < 1.29 is 9.59 Å². The van der Waals surface area contributed by atoms with Crippen molar-refractivity contribution in [3.8, 4) is 6.07 Å². The second kappa shape index (κ2) is 7.16. The molecule has 20 heavy (non-hydrogen) atoms. The van der Waals surface area contributed by atoms with Crippen molar-refractivity contribution in [1.82, 2.24) is 10.6 Å². The van der Waals surface area contributed by atoms with Crippen molar-refractivity contribution in [2.24, 2.45) is 5.73 Å². The van der Waals surface area contributed by atoms with Crippen LogP contribution in [0.25, 0.3) is 0 Å². The standard InChI is InChI=1S/C13H13ClN4O2/c1-8(11(6-15)12(19)18-13(16)20)17-7-9-2-4-10(14)5-3-9/h2-5,17H,7H2,1H3,(H3,16,18,19,20)/b11-8-. The Morgan fingerprint density at radius 2 is 1.95 bits per heavy atom. The van der Waals surface area contributed by atoms with Gasteiger partial charge in [-0.15, -0.1) is 0 Å². The number of hydrogen-bond acceptors (Lipinski definition) is 4. The predicted octanol–water partition coefficient (Wildman–Crippen LogP) is 1.42. The molecule has 104 valence electrons. The highest BCUT2D eigenvalue weighted by Gasteiger charge is 2.14. The lowest BCUT2D eigenvalue weighted by Gasteiger charge is -2.09. The number of rotatable bonds is 4.